The van der Waals surface area contributed by atoms with Crippen LogP contribution in [0.15, 0.2) is 77.6 Å². The molecular formula is C29H28N6O. The third-order valence-electron chi connectivity index (χ3n) is 7.27. The predicted molar refractivity (Wildman–Crippen MR) is 140 cm³/mol. The zero-order chi connectivity index (χ0) is 24.6. The molecule has 3 heterocycles. The summed E-state index contributed by atoms with van der Waals surface area (Å²) in [4.78, 5) is 19.1. The van der Waals surface area contributed by atoms with Gasteiger partial charge in [-0.25, -0.2) is 4.68 Å². The third-order valence-corrected chi connectivity index (χ3v) is 7.27. The second-order valence-electron chi connectivity index (χ2n) is 9.61. The highest BCUT2D eigenvalue weighted by atomic mass is 16.1. The van der Waals surface area contributed by atoms with Crippen LogP contribution in [0.4, 0.5) is 0 Å². The molecule has 1 atom stereocenters. The van der Waals surface area contributed by atoms with Gasteiger partial charge in [-0.15, -0.1) is 5.10 Å². The summed E-state index contributed by atoms with van der Waals surface area (Å²) in [6.45, 7) is 6.17. The minimum atomic E-state index is -0.384. The molecule has 0 spiro atoms. The number of aryl methyl sites for hydroxylation is 2. The molecule has 0 saturated heterocycles. The molecule has 7 nitrogen and oxygen atoms in total. The molecule has 0 radical (unpaired) electrons. The molecule has 0 amide bonds. The monoisotopic (exact) mass is 476 g/mol. The van der Waals surface area contributed by atoms with Crippen LogP contribution in [0.1, 0.15) is 45.2 Å². The summed E-state index contributed by atoms with van der Waals surface area (Å²) < 4.78 is 1.83. The van der Waals surface area contributed by atoms with Crippen molar-refractivity contribution in [3.8, 4) is 0 Å². The zero-order valence-electron chi connectivity index (χ0n) is 20.5. The number of nitrogens with one attached hydrogen (secondary N) is 1. The average Bonchev–Trinajstić information content (AvgIpc) is 3.35. The number of nitrogens with zero attached hydrogens (tertiary/aromatic N) is 5. The van der Waals surface area contributed by atoms with Crippen LogP contribution in [0.5, 0.6) is 0 Å². The Labute approximate surface area is 209 Å². The van der Waals surface area contributed by atoms with Crippen LogP contribution >= 0.6 is 0 Å². The van der Waals surface area contributed by atoms with E-state index >= 15 is 0 Å². The van der Waals surface area contributed by atoms with E-state index in [0.717, 1.165) is 47.1 Å². The molecule has 0 aliphatic carbocycles. The number of aromatic amines is 1. The summed E-state index contributed by atoms with van der Waals surface area (Å²) in [5.41, 5.74) is 7.36. The molecule has 0 fully saturated rings. The minimum Gasteiger partial charge on any atom is -0.321 e. The fraction of sp³-hybridized carbons (Fsp3) is 0.241. The van der Waals surface area contributed by atoms with Crippen molar-refractivity contribution < 1.29 is 0 Å². The van der Waals surface area contributed by atoms with E-state index in [1.807, 2.05) is 41.9 Å². The fourth-order valence-corrected chi connectivity index (χ4v) is 5.31. The number of hydrogen-bond acceptors (Lipinski definition) is 5. The molecule has 1 N–H and O–H groups in total. The van der Waals surface area contributed by atoms with E-state index in [0.29, 0.717) is 17.9 Å². The van der Waals surface area contributed by atoms with E-state index < -0.39 is 0 Å². The van der Waals surface area contributed by atoms with Gasteiger partial charge in [-0.1, -0.05) is 66.7 Å². The van der Waals surface area contributed by atoms with Crippen LogP contribution < -0.4 is 5.56 Å². The van der Waals surface area contributed by atoms with Gasteiger partial charge in [0.2, 0.25) is 0 Å². The standard InChI is InChI=1S/C29H28N6O/c1-19-12-13-20(2)26-24(19)16-25(29(36)30-26)27(34-15-14-22-10-6-7-11-23(22)18-34)28-31-32-33-35(28)17-21-8-4-3-5-9-21/h3-13,16,27H,14-15,17-18H2,1-2H3,(H,30,36)/t27-/m0/s1. The number of hydrogen-bond donors (Lipinski definition) is 1. The van der Waals surface area contributed by atoms with Crippen LogP contribution in [-0.4, -0.2) is 36.6 Å². The number of tetrazole rings is 1. The molecule has 1 aliphatic heterocycles. The SMILES string of the molecule is Cc1ccc(C)c2[nH]c(=O)c([C@@H](c3nnnn3Cc3ccccc3)N3CCc4ccccc4C3)cc12. The van der Waals surface area contributed by atoms with E-state index in [1.165, 1.54) is 11.1 Å². The zero-order valence-corrected chi connectivity index (χ0v) is 20.5. The Morgan fingerprint density at radius 1 is 0.944 bits per heavy atom. The first kappa shape index (κ1) is 22.4. The molecule has 0 unspecified atom stereocenters. The lowest BCUT2D eigenvalue weighted by molar-refractivity contribution is 0.194. The molecule has 3 aromatic carbocycles. The Morgan fingerprint density at radius 2 is 1.69 bits per heavy atom. The molecule has 5 aromatic rings. The maximum Gasteiger partial charge on any atom is 0.253 e. The van der Waals surface area contributed by atoms with Crippen molar-refractivity contribution in [3.05, 3.63) is 122 Å². The van der Waals surface area contributed by atoms with Crippen LogP contribution in [0.25, 0.3) is 10.9 Å². The van der Waals surface area contributed by atoms with Crippen molar-refractivity contribution in [3.63, 3.8) is 0 Å². The molecule has 7 heteroatoms. The van der Waals surface area contributed by atoms with E-state index in [9.17, 15) is 4.79 Å². The third kappa shape index (κ3) is 4.01. The summed E-state index contributed by atoms with van der Waals surface area (Å²) in [7, 11) is 0. The molecule has 0 bridgehead atoms. The van der Waals surface area contributed by atoms with Crippen molar-refractivity contribution in [2.75, 3.05) is 6.54 Å². The van der Waals surface area contributed by atoms with Crippen LogP contribution in [0.2, 0.25) is 0 Å². The first-order valence-corrected chi connectivity index (χ1v) is 12.3. The van der Waals surface area contributed by atoms with Gasteiger partial charge in [0.1, 0.15) is 6.04 Å². The number of rotatable bonds is 5. The lowest BCUT2D eigenvalue weighted by Gasteiger charge is -2.35. The number of pyridine rings is 1. The molecule has 6 rings (SSSR count). The maximum absolute atomic E-state index is 13.6. The molecule has 36 heavy (non-hydrogen) atoms. The summed E-state index contributed by atoms with van der Waals surface area (Å²) in [6, 6.07) is 24.5. The molecule has 2 aromatic heterocycles. The van der Waals surface area contributed by atoms with Crippen molar-refractivity contribution in [2.24, 2.45) is 0 Å². The van der Waals surface area contributed by atoms with Gasteiger partial charge in [0, 0.05) is 24.0 Å². The van der Waals surface area contributed by atoms with Gasteiger partial charge in [0.25, 0.3) is 5.56 Å². The Kier molecular flexibility index (Phi) is 5.70. The second kappa shape index (κ2) is 9.17. The van der Waals surface area contributed by atoms with E-state index in [1.54, 1.807) is 0 Å². The number of benzene rings is 3. The van der Waals surface area contributed by atoms with Gasteiger partial charge in [0.15, 0.2) is 5.82 Å². The Hall–Kier alpha value is -4.10. The highest BCUT2D eigenvalue weighted by Gasteiger charge is 2.32. The topological polar surface area (TPSA) is 79.7 Å². The van der Waals surface area contributed by atoms with Crippen molar-refractivity contribution >= 4 is 10.9 Å². The smallest absolute Gasteiger partial charge is 0.253 e. The van der Waals surface area contributed by atoms with Gasteiger partial charge < -0.3 is 4.98 Å². The van der Waals surface area contributed by atoms with Gasteiger partial charge in [0.05, 0.1) is 12.1 Å². The molecule has 0 saturated carbocycles. The highest BCUT2D eigenvalue weighted by molar-refractivity contribution is 5.85. The van der Waals surface area contributed by atoms with Crippen molar-refractivity contribution in [1.82, 2.24) is 30.1 Å². The van der Waals surface area contributed by atoms with Gasteiger partial charge in [-0.3, -0.25) is 9.69 Å². The first-order valence-electron chi connectivity index (χ1n) is 12.3. The molecular weight excluding hydrogens is 448 g/mol. The summed E-state index contributed by atoms with van der Waals surface area (Å²) in [6.07, 6.45) is 0.913. The van der Waals surface area contributed by atoms with E-state index in [2.05, 4.69) is 74.8 Å². The van der Waals surface area contributed by atoms with Crippen LogP contribution in [0, 0.1) is 13.8 Å². The van der Waals surface area contributed by atoms with Gasteiger partial charge in [-0.05, 0) is 64.6 Å². The van der Waals surface area contributed by atoms with E-state index in [4.69, 9.17) is 0 Å². The number of aromatic nitrogens is 5. The Bertz CT molecular complexity index is 1600. The quantitative estimate of drug-likeness (QED) is 0.409. The van der Waals surface area contributed by atoms with Gasteiger partial charge in [-0.2, -0.15) is 0 Å². The average molecular weight is 477 g/mol. The van der Waals surface area contributed by atoms with Crippen LogP contribution in [0.3, 0.4) is 0 Å². The minimum absolute atomic E-state index is 0.102. The summed E-state index contributed by atoms with van der Waals surface area (Å²) in [5.74, 6) is 0.674. The number of H-pyrrole nitrogens is 1. The Balaban J connectivity index is 1.51. The molecule has 180 valence electrons. The normalized spacial score (nSPS) is 14.6. The van der Waals surface area contributed by atoms with Crippen molar-refractivity contribution in [2.45, 2.75) is 39.4 Å². The fourth-order valence-electron chi connectivity index (χ4n) is 5.31. The van der Waals surface area contributed by atoms with E-state index in [-0.39, 0.29) is 11.6 Å². The largest absolute Gasteiger partial charge is 0.321 e. The maximum atomic E-state index is 13.6. The second-order valence-corrected chi connectivity index (χ2v) is 9.61. The van der Waals surface area contributed by atoms with Crippen LogP contribution in [-0.2, 0) is 19.5 Å². The molecule has 1 aliphatic rings. The predicted octanol–water partition coefficient (Wildman–Crippen LogP) is 4.33. The Morgan fingerprint density at radius 3 is 2.53 bits per heavy atom. The lowest BCUT2D eigenvalue weighted by atomic mass is 9.95. The lowest BCUT2D eigenvalue weighted by Crippen LogP contribution is -2.38. The number of fused-ring (bicyclic) bond motifs is 2. The summed E-state index contributed by atoms with van der Waals surface area (Å²) in [5, 5.41) is 13.9. The first-order chi connectivity index (χ1) is 17.6. The highest BCUT2D eigenvalue weighted by Crippen LogP contribution is 2.32. The summed E-state index contributed by atoms with van der Waals surface area (Å²) >= 11 is 0. The van der Waals surface area contributed by atoms with Crippen molar-refractivity contribution in [1.29, 1.82) is 0 Å². The van der Waals surface area contributed by atoms with Gasteiger partial charge >= 0.3 is 0 Å².